The lowest BCUT2D eigenvalue weighted by atomic mass is 9.87. The number of hydrogen-bond acceptors (Lipinski definition) is 6. The van der Waals surface area contributed by atoms with Crippen LogP contribution in [0.15, 0.2) is 65.3 Å². The summed E-state index contributed by atoms with van der Waals surface area (Å²) in [5, 5.41) is 10.8. The maximum absolute atomic E-state index is 13.7. The molecule has 2 heterocycles. The number of alkyl halides is 3. The number of carbonyl (C=O) groups excluding carboxylic acids is 1. The van der Waals surface area contributed by atoms with E-state index in [1.165, 1.54) is 13.3 Å². The van der Waals surface area contributed by atoms with Crippen LogP contribution in [-0.4, -0.2) is 46.3 Å². The molecule has 35 heavy (non-hydrogen) atoms. The van der Waals surface area contributed by atoms with Gasteiger partial charge in [0.2, 0.25) is 0 Å². The highest BCUT2D eigenvalue weighted by Crippen LogP contribution is 2.60. The molecule has 0 spiro atoms. The molecule has 0 radical (unpaired) electrons. The molecule has 4 atom stereocenters. The van der Waals surface area contributed by atoms with E-state index in [1.54, 1.807) is 42.5 Å². The van der Waals surface area contributed by atoms with Crippen molar-refractivity contribution < 1.29 is 32.5 Å². The first-order chi connectivity index (χ1) is 16.6. The number of aliphatic hydroxyl groups is 1. The van der Waals surface area contributed by atoms with Gasteiger partial charge in [-0.05, 0) is 17.7 Å². The minimum atomic E-state index is -4.47. The van der Waals surface area contributed by atoms with E-state index in [0.29, 0.717) is 28.6 Å². The molecule has 1 aromatic heterocycles. The van der Waals surface area contributed by atoms with Gasteiger partial charge in [0.25, 0.3) is 0 Å². The number of thioether (sulfide) groups is 1. The fourth-order valence-corrected chi connectivity index (χ4v) is 6.27. The van der Waals surface area contributed by atoms with Gasteiger partial charge in [0, 0.05) is 16.0 Å². The number of nitrogens with zero attached hydrogens (tertiary/aromatic N) is 1. The minimum Gasteiger partial charge on any atom is -0.495 e. The molecule has 1 aliphatic carbocycles. The number of hydrogen-bond donors (Lipinski definition) is 1. The Hall–Kier alpha value is -2.56. The average molecular weight is 566 g/mol. The van der Waals surface area contributed by atoms with Crippen LogP contribution in [0.5, 0.6) is 11.5 Å². The van der Waals surface area contributed by atoms with Gasteiger partial charge in [0.1, 0.15) is 17.5 Å². The van der Waals surface area contributed by atoms with E-state index >= 15 is 0 Å². The Labute approximate surface area is 211 Å². The lowest BCUT2D eigenvalue weighted by molar-refractivity contribution is -0.137. The number of Topliss-reactive ketones (excluding diaryl/α,β-unsaturated/α-hetero) is 1. The average Bonchev–Trinajstić information content (AvgIpc) is 3.25. The van der Waals surface area contributed by atoms with Crippen LogP contribution < -0.4 is 9.47 Å². The molecule has 5 rings (SSSR count). The summed E-state index contributed by atoms with van der Waals surface area (Å²) < 4.78 is 51.9. The van der Waals surface area contributed by atoms with Crippen molar-refractivity contribution in [2.75, 3.05) is 12.9 Å². The van der Waals surface area contributed by atoms with Gasteiger partial charge in [-0.3, -0.25) is 4.79 Å². The first-order valence-electron chi connectivity index (χ1n) is 10.6. The van der Waals surface area contributed by atoms with Crippen LogP contribution in [0.3, 0.4) is 0 Å². The van der Waals surface area contributed by atoms with Gasteiger partial charge in [-0.2, -0.15) is 13.2 Å². The Balaban J connectivity index is 1.67. The largest absolute Gasteiger partial charge is 0.495 e. The number of benzene rings is 2. The smallest absolute Gasteiger partial charge is 0.397 e. The van der Waals surface area contributed by atoms with Crippen LogP contribution in [0, 0.1) is 0 Å². The number of ether oxygens (including phenoxy) is 2. The van der Waals surface area contributed by atoms with Gasteiger partial charge in [-0.25, -0.2) is 4.98 Å². The molecule has 3 aromatic rings. The summed E-state index contributed by atoms with van der Waals surface area (Å²) >= 11 is 3.86. The SMILES string of the molecule is COc1cnc(-c2ccc(Br)cc2)c2c1C1(O)C(=O)C(SCC(F)(F)F)C(c3ccccc3)C1O2. The second-order valence-electron chi connectivity index (χ2n) is 8.34. The van der Waals surface area contributed by atoms with Crippen molar-refractivity contribution >= 4 is 33.5 Å². The number of halogens is 4. The van der Waals surface area contributed by atoms with Crippen LogP contribution >= 0.6 is 27.7 Å². The molecular weight excluding hydrogens is 547 g/mol. The summed E-state index contributed by atoms with van der Waals surface area (Å²) in [5.41, 5.74) is -0.416. The highest BCUT2D eigenvalue weighted by atomic mass is 79.9. The number of aromatic nitrogens is 1. The van der Waals surface area contributed by atoms with Gasteiger partial charge in [-0.15, -0.1) is 11.8 Å². The maximum atomic E-state index is 13.7. The number of pyridine rings is 1. The third kappa shape index (κ3) is 4.01. The summed E-state index contributed by atoms with van der Waals surface area (Å²) in [6.45, 7) is 0. The summed E-state index contributed by atoms with van der Waals surface area (Å²) in [6, 6.07) is 15.9. The molecular formula is C25H19BrF3NO4S. The number of carbonyl (C=O) groups is 1. The predicted octanol–water partition coefficient (Wildman–Crippen LogP) is 5.50. The van der Waals surface area contributed by atoms with Gasteiger partial charge < -0.3 is 14.6 Å². The lowest BCUT2D eigenvalue weighted by Gasteiger charge is -2.24. The highest BCUT2D eigenvalue weighted by molar-refractivity contribution is 9.10. The topological polar surface area (TPSA) is 68.7 Å². The zero-order chi connectivity index (χ0) is 25.0. The van der Waals surface area contributed by atoms with Gasteiger partial charge in [0.05, 0.1) is 29.9 Å². The molecule has 0 bridgehead atoms. The van der Waals surface area contributed by atoms with Crippen LogP contribution in [0.2, 0.25) is 0 Å². The van der Waals surface area contributed by atoms with Gasteiger partial charge in [0.15, 0.2) is 17.1 Å². The standard InChI is InChI=1S/C25H19BrF3NO4S/c1-33-16-11-30-19(14-7-9-15(26)10-8-14)20-18(16)25(32)22(31)21(35-12-24(27,28)29)17(23(25)34-20)13-5-3-2-4-6-13/h2-11,17,21,23,32H,12H2,1H3. The zero-order valence-electron chi connectivity index (χ0n) is 18.3. The lowest BCUT2D eigenvalue weighted by Crippen LogP contribution is -2.40. The van der Waals surface area contributed by atoms with E-state index in [9.17, 15) is 23.1 Å². The highest BCUT2D eigenvalue weighted by Gasteiger charge is 2.68. The van der Waals surface area contributed by atoms with Crippen molar-refractivity contribution in [2.24, 2.45) is 0 Å². The van der Waals surface area contributed by atoms with E-state index in [2.05, 4.69) is 20.9 Å². The maximum Gasteiger partial charge on any atom is 0.397 e. The summed E-state index contributed by atoms with van der Waals surface area (Å²) in [5.74, 6) is -2.47. The number of rotatable bonds is 5. The van der Waals surface area contributed by atoms with Crippen molar-refractivity contribution in [2.45, 2.75) is 29.0 Å². The van der Waals surface area contributed by atoms with Crippen molar-refractivity contribution in [3.63, 3.8) is 0 Å². The van der Waals surface area contributed by atoms with Gasteiger partial charge >= 0.3 is 6.18 Å². The first kappa shape index (κ1) is 24.1. The molecule has 2 aliphatic rings. The molecule has 5 nitrogen and oxygen atoms in total. The molecule has 10 heteroatoms. The summed E-state index contributed by atoms with van der Waals surface area (Å²) in [6.07, 6.45) is -4.23. The first-order valence-corrected chi connectivity index (χ1v) is 12.5. The van der Waals surface area contributed by atoms with E-state index in [1.807, 2.05) is 12.1 Å². The monoisotopic (exact) mass is 565 g/mol. The Morgan fingerprint density at radius 3 is 2.49 bits per heavy atom. The molecule has 1 fully saturated rings. The summed E-state index contributed by atoms with van der Waals surface area (Å²) in [7, 11) is 1.37. The minimum absolute atomic E-state index is 0.0963. The molecule has 1 aliphatic heterocycles. The molecule has 0 amide bonds. The second-order valence-corrected chi connectivity index (χ2v) is 10.4. The molecule has 1 saturated carbocycles. The summed E-state index contributed by atoms with van der Waals surface area (Å²) in [4.78, 5) is 18.2. The Morgan fingerprint density at radius 2 is 1.86 bits per heavy atom. The van der Waals surface area contributed by atoms with Gasteiger partial charge in [-0.1, -0.05) is 58.4 Å². The molecule has 1 N–H and O–H groups in total. The van der Waals surface area contributed by atoms with Crippen LogP contribution in [0.1, 0.15) is 17.0 Å². The van der Waals surface area contributed by atoms with Crippen molar-refractivity contribution in [3.8, 4) is 22.8 Å². The van der Waals surface area contributed by atoms with Crippen LogP contribution in [0.4, 0.5) is 13.2 Å². The fraction of sp³-hybridized carbons (Fsp3) is 0.280. The van der Waals surface area contributed by atoms with E-state index in [0.717, 1.165) is 4.47 Å². The number of ketones is 1. The van der Waals surface area contributed by atoms with Crippen LogP contribution in [-0.2, 0) is 10.4 Å². The normalized spacial score (nSPS) is 25.2. The quantitative estimate of drug-likeness (QED) is 0.440. The van der Waals surface area contributed by atoms with Crippen molar-refractivity contribution in [3.05, 3.63) is 76.4 Å². The van der Waals surface area contributed by atoms with Crippen molar-refractivity contribution in [1.82, 2.24) is 4.98 Å². The number of methoxy groups -OCH3 is 1. The molecule has 182 valence electrons. The number of fused-ring (bicyclic) bond motifs is 3. The van der Waals surface area contributed by atoms with E-state index in [4.69, 9.17) is 9.47 Å². The van der Waals surface area contributed by atoms with Crippen LogP contribution in [0.25, 0.3) is 11.3 Å². The molecule has 4 unspecified atom stereocenters. The predicted molar refractivity (Wildman–Crippen MR) is 129 cm³/mol. The zero-order valence-corrected chi connectivity index (χ0v) is 20.7. The van der Waals surface area contributed by atoms with E-state index < -0.39 is 40.6 Å². The van der Waals surface area contributed by atoms with E-state index in [-0.39, 0.29) is 17.1 Å². The molecule has 0 saturated heterocycles. The molecule has 2 aromatic carbocycles. The Kier molecular flexibility index (Phi) is 6.09. The third-order valence-electron chi connectivity index (χ3n) is 6.27. The fourth-order valence-electron chi connectivity index (χ4n) is 4.80. The third-order valence-corrected chi connectivity index (χ3v) is 8.16. The Morgan fingerprint density at radius 1 is 1.17 bits per heavy atom. The second kappa shape index (κ2) is 8.83. The van der Waals surface area contributed by atoms with Crippen molar-refractivity contribution in [1.29, 1.82) is 0 Å². The Bertz CT molecular complexity index is 1270.